The number of hydrogen-bond donors (Lipinski definition) is 2. The lowest BCUT2D eigenvalue weighted by Crippen LogP contribution is -2.22. The van der Waals surface area contributed by atoms with Crippen molar-refractivity contribution in [1.29, 1.82) is 0 Å². The molecule has 0 aliphatic rings. The molecule has 1 heterocycles. The molecular weight excluding hydrogens is 314 g/mol. The summed E-state index contributed by atoms with van der Waals surface area (Å²) >= 11 is 0. The predicted octanol–water partition coefficient (Wildman–Crippen LogP) is 3.00. The monoisotopic (exact) mass is 327 g/mol. The Bertz CT molecular complexity index is 711. The molecule has 0 aliphatic heterocycles. The van der Waals surface area contributed by atoms with Crippen molar-refractivity contribution >= 4 is 11.6 Å². The molecule has 0 radical (unpaired) electrons. The van der Waals surface area contributed by atoms with Crippen LogP contribution in [0.25, 0.3) is 0 Å². The lowest BCUT2D eigenvalue weighted by Gasteiger charge is -2.10. The smallest absolute Gasteiger partial charge is 0.253 e. The number of carbonyl (C=O) groups is 1. The molecular formula is C15H13F4N3O. The van der Waals surface area contributed by atoms with Crippen LogP contribution >= 0.6 is 0 Å². The number of pyridine rings is 1. The van der Waals surface area contributed by atoms with E-state index in [1.54, 1.807) is 25.1 Å². The average Bonchev–Trinajstić information content (AvgIpc) is 2.53. The minimum Gasteiger partial charge on any atom is -0.376 e. The quantitative estimate of drug-likeness (QED) is 0.656. The Morgan fingerprint density at radius 2 is 1.78 bits per heavy atom. The van der Waals surface area contributed by atoms with Crippen LogP contribution in [0.3, 0.4) is 0 Å². The van der Waals surface area contributed by atoms with E-state index in [0.717, 1.165) is 0 Å². The Morgan fingerprint density at radius 1 is 1.13 bits per heavy atom. The molecule has 23 heavy (non-hydrogen) atoms. The molecule has 1 aromatic heterocycles. The van der Waals surface area contributed by atoms with E-state index in [-0.39, 0.29) is 12.5 Å². The van der Waals surface area contributed by atoms with Gasteiger partial charge in [-0.1, -0.05) is 12.1 Å². The van der Waals surface area contributed by atoms with Crippen LogP contribution in [0.15, 0.2) is 24.3 Å². The number of nitrogens with zero attached hydrogens (tertiary/aromatic N) is 1. The van der Waals surface area contributed by atoms with Crippen molar-refractivity contribution in [3.8, 4) is 0 Å². The molecule has 0 atom stereocenters. The summed E-state index contributed by atoms with van der Waals surface area (Å²) in [7, 11) is 0. The third-order valence-corrected chi connectivity index (χ3v) is 2.99. The maximum absolute atomic E-state index is 13.5. The summed E-state index contributed by atoms with van der Waals surface area (Å²) in [4.78, 5) is 14.2. The topological polar surface area (TPSA) is 54.0 Å². The van der Waals surface area contributed by atoms with Crippen molar-refractivity contribution in [2.24, 2.45) is 0 Å². The molecule has 0 unspecified atom stereocenters. The number of nitrogens with one attached hydrogen (secondary N) is 2. The van der Waals surface area contributed by atoms with E-state index in [9.17, 15) is 22.4 Å². The molecule has 0 saturated heterocycles. The number of anilines is 1. The zero-order valence-corrected chi connectivity index (χ0v) is 12.1. The summed E-state index contributed by atoms with van der Waals surface area (Å²) in [6.45, 7) is 2.08. The first-order chi connectivity index (χ1) is 10.9. The Morgan fingerprint density at radius 3 is 2.39 bits per heavy atom. The van der Waals surface area contributed by atoms with Gasteiger partial charge in [0.25, 0.3) is 17.8 Å². The van der Waals surface area contributed by atoms with Crippen molar-refractivity contribution in [3.05, 3.63) is 58.9 Å². The minimum absolute atomic E-state index is 0.135. The fourth-order valence-corrected chi connectivity index (χ4v) is 1.92. The second-order valence-electron chi connectivity index (χ2n) is 4.61. The van der Waals surface area contributed by atoms with E-state index in [0.29, 0.717) is 17.7 Å². The highest BCUT2D eigenvalue weighted by molar-refractivity contribution is 5.94. The van der Waals surface area contributed by atoms with Gasteiger partial charge in [-0.05, 0) is 24.6 Å². The predicted molar refractivity (Wildman–Crippen MR) is 75.8 cm³/mol. The van der Waals surface area contributed by atoms with Crippen LogP contribution in [0, 0.1) is 23.5 Å². The van der Waals surface area contributed by atoms with Gasteiger partial charge in [0, 0.05) is 18.7 Å². The van der Waals surface area contributed by atoms with Crippen molar-refractivity contribution in [2.45, 2.75) is 13.5 Å². The molecule has 0 aliphatic carbocycles. The number of halogens is 4. The van der Waals surface area contributed by atoms with Crippen LogP contribution in [0.5, 0.6) is 0 Å². The fraction of sp³-hybridized carbons (Fsp3) is 0.200. The van der Waals surface area contributed by atoms with Gasteiger partial charge in [0.15, 0.2) is 0 Å². The van der Waals surface area contributed by atoms with Crippen LogP contribution in [-0.2, 0) is 6.54 Å². The molecule has 0 saturated carbocycles. The second kappa shape index (κ2) is 7.08. The molecule has 2 aromatic rings. The maximum atomic E-state index is 13.5. The van der Waals surface area contributed by atoms with E-state index in [1.807, 2.05) is 0 Å². The molecule has 0 spiro atoms. The van der Waals surface area contributed by atoms with Gasteiger partial charge in [0.05, 0.1) is 0 Å². The largest absolute Gasteiger partial charge is 0.376 e. The highest BCUT2D eigenvalue weighted by Gasteiger charge is 2.20. The Kier molecular flexibility index (Phi) is 5.15. The van der Waals surface area contributed by atoms with Gasteiger partial charge in [-0.15, -0.1) is 0 Å². The summed E-state index contributed by atoms with van der Waals surface area (Å²) in [5, 5.41) is 4.88. The third kappa shape index (κ3) is 3.77. The average molecular weight is 327 g/mol. The van der Waals surface area contributed by atoms with Crippen molar-refractivity contribution in [1.82, 2.24) is 10.3 Å². The Hall–Kier alpha value is -2.64. The van der Waals surface area contributed by atoms with Gasteiger partial charge in [-0.3, -0.25) is 4.79 Å². The first kappa shape index (κ1) is 16.7. The highest BCUT2D eigenvalue weighted by atomic mass is 19.2. The number of hydrogen-bond acceptors (Lipinski definition) is 3. The SMILES string of the molecule is CCNC(=O)c1cccc(CNc2c(F)c(F)nc(F)c2F)c1. The van der Waals surface area contributed by atoms with Crippen LogP contribution in [0.4, 0.5) is 23.2 Å². The standard InChI is InChI=1S/C15H13F4N3O/c1-2-20-15(23)9-5-3-4-8(6-9)7-21-12-10(16)13(18)22-14(19)11(12)17/h3-6H,2,7H2,1H3,(H,20,23)(H,21,22). The molecule has 0 fully saturated rings. The molecule has 4 nitrogen and oxygen atoms in total. The summed E-state index contributed by atoms with van der Waals surface area (Å²) in [5.41, 5.74) is -0.0808. The maximum Gasteiger partial charge on any atom is 0.253 e. The first-order valence-corrected chi connectivity index (χ1v) is 6.75. The zero-order valence-electron chi connectivity index (χ0n) is 12.1. The number of amides is 1. The van der Waals surface area contributed by atoms with E-state index < -0.39 is 29.2 Å². The van der Waals surface area contributed by atoms with Gasteiger partial charge in [-0.25, -0.2) is 0 Å². The molecule has 1 amide bonds. The van der Waals surface area contributed by atoms with Crippen LogP contribution in [0.1, 0.15) is 22.8 Å². The Labute approximate surface area is 129 Å². The summed E-state index contributed by atoms with van der Waals surface area (Å²) in [5.74, 6) is -6.98. The van der Waals surface area contributed by atoms with Crippen molar-refractivity contribution in [3.63, 3.8) is 0 Å². The van der Waals surface area contributed by atoms with Crippen LogP contribution in [-0.4, -0.2) is 17.4 Å². The Balaban J connectivity index is 2.19. The number of benzene rings is 1. The first-order valence-electron chi connectivity index (χ1n) is 6.75. The lowest BCUT2D eigenvalue weighted by molar-refractivity contribution is 0.0955. The van der Waals surface area contributed by atoms with Crippen molar-refractivity contribution < 1.29 is 22.4 Å². The van der Waals surface area contributed by atoms with Crippen molar-refractivity contribution in [2.75, 3.05) is 11.9 Å². The second-order valence-corrected chi connectivity index (χ2v) is 4.61. The molecule has 122 valence electrons. The van der Waals surface area contributed by atoms with E-state index in [1.165, 1.54) is 6.07 Å². The van der Waals surface area contributed by atoms with E-state index in [4.69, 9.17) is 0 Å². The number of carbonyl (C=O) groups excluding carboxylic acids is 1. The molecule has 0 bridgehead atoms. The minimum atomic E-state index is -1.73. The van der Waals surface area contributed by atoms with Gasteiger partial charge in [0.2, 0.25) is 11.6 Å². The molecule has 2 N–H and O–H groups in total. The number of aromatic nitrogens is 1. The van der Waals surface area contributed by atoms with Crippen LogP contribution in [0.2, 0.25) is 0 Å². The summed E-state index contributed by atoms with van der Waals surface area (Å²) in [6.07, 6.45) is 0. The normalized spacial score (nSPS) is 10.5. The highest BCUT2D eigenvalue weighted by Crippen LogP contribution is 2.22. The van der Waals surface area contributed by atoms with Gasteiger partial charge < -0.3 is 10.6 Å². The molecule has 2 rings (SSSR count). The summed E-state index contributed by atoms with van der Waals surface area (Å²) < 4.78 is 53.0. The summed E-state index contributed by atoms with van der Waals surface area (Å²) in [6, 6.07) is 6.25. The molecule has 8 heteroatoms. The van der Waals surface area contributed by atoms with Gasteiger partial charge in [-0.2, -0.15) is 22.5 Å². The van der Waals surface area contributed by atoms with E-state index in [2.05, 4.69) is 15.6 Å². The lowest BCUT2D eigenvalue weighted by atomic mass is 10.1. The number of rotatable bonds is 5. The van der Waals surface area contributed by atoms with Crippen LogP contribution < -0.4 is 10.6 Å². The van der Waals surface area contributed by atoms with E-state index >= 15 is 0 Å². The third-order valence-electron chi connectivity index (χ3n) is 2.99. The van der Waals surface area contributed by atoms with Gasteiger partial charge in [0.1, 0.15) is 5.69 Å². The zero-order chi connectivity index (χ0) is 17.0. The van der Waals surface area contributed by atoms with Gasteiger partial charge >= 0.3 is 0 Å². The molecule has 1 aromatic carbocycles. The fourth-order valence-electron chi connectivity index (χ4n) is 1.92.